The highest BCUT2D eigenvalue weighted by Gasteiger charge is 1.96. The van der Waals surface area contributed by atoms with Crippen molar-refractivity contribution in [2.45, 2.75) is 80.6 Å². The number of hydrogen-bond donors (Lipinski definition) is 2. The molecule has 0 saturated heterocycles. The van der Waals surface area contributed by atoms with Gasteiger partial charge in [0.15, 0.2) is 0 Å². The normalized spacial score (nSPS) is 10.5. The van der Waals surface area contributed by atoms with Crippen LogP contribution >= 0.6 is 0 Å². The molecule has 0 aromatic heterocycles. The summed E-state index contributed by atoms with van der Waals surface area (Å²) >= 11 is 0. The third kappa shape index (κ3) is 90.8. The second-order valence-electron chi connectivity index (χ2n) is 13.7. The van der Waals surface area contributed by atoms with Gasteiger partial charge in [0, 0.05) is 39.3 Å². The molecule has 0 unspecified atom stereocenters. The summed E-state index contributed by atoms with van der Waals surface area (Å²) in [6, 6.07) is 0. The van der Waals surface area contributed by atoms with Crippen molar-refractivity contribution >= 4 is 0 Å². The van der Waals surface area contributed by atoms with Gasteiger partial charge in [-0.05, 0) is 157 Å². The summed E-state index contributed by atoms with van der Waals surface area (Å²) in [6.07, 6.45) is 7.43. The Morgan fingerprint density at radius 1 is 0.333 bits per heavy atom. The lowest BCUT2D eigenvalue weighted by molar-refractivity contribution is 0.243. The highest BCUT2D eigenvalue weighted by atomic mass is 16.3. The summed E-state index contributed by atoms with van der Waals surface area (Å²) in [4.78, 5) is 17.6. The van der Waals surface area contributed by atoms with Crippen LogP contribution in [0.1, 0.15) is 80.6 Å². The topological polar surface area (TPSA) is 66.4 Å². The van der Waals surface area contributed by atoms with Gasteiger partial charge in [0.2, 0.25) is 0 Å². The van der Waals surface area contributed by atoms with Crippen LogP contribution in [0.3, 0.4) is 0 Å². The Morgan fingerprint density at radius 2 is 0.667 bits per heavy atom. The molecule has 0 aliphatic heterocycles. The Balaban J connectivity index is -0.0000000844. The maximum absolute atomic E-state index is 8.29. The van der Waals surface area contributed by atoms with Crippen LogP contribution in [-0.4, -0.2) is 226 Å². The molecule has 0 saturated carbocycles. The Hall–Kier alpha value is -0.400. The van der Waals surface area contributed by atoms with Crippen LogP contribution in [0.2, 0.25) is 0 Å². The van der Waals surface area contributed by atoms with E-state index in [9.17, 15) is 0 Å². The van der Waals surface area contributed by atoms with Crippen molar-refractivity contribution in [3.05, 3.63) is 0 Å². The van der Waals surface area contributed by atoms with E-state index in [1.54, 1.807) is 0 Å². The van der Waals surface area contributed by atoms with Crippen LogP contribution in [0.25, 0.3) is 0 Å². The van der Waals surface area contributed by atoms with Gasteiger partial charge in [-0.2, -0.15) is 0 Å². The Morgan fingerprint density at radius 3 is 0.875 bits per heavy atom. The van der Waals surface area contributed by atoms with Crippen molar-refractivity contribution in [3.8, 4) is 0 Å². The molecule has 0 aromatic rings. The molecular weight excluding hydrogens is 600 g/mol. The van der Waals surface area contributed by atoms with Crippen molar-refractivity contribution < 1.29 is 10.2 Å². The van der Waals surface area contributed by atoms with E-state index < -0.39 is 0 Å². The van der Waals surface area contributed by atoms with Crippen molar-refractivity contribution in [1.29, 1.82) is 0 Å². The quantitative estimate of drug-likeness (QED) is 0.178. The molecule has 10 heteroatoms. The molecule has 0 rings (SSSR count). The largest absolute Gasteiger partial charge is 0.396 e. The van der Waals surface area contributed by atoms with Gasteiger partial charge in [-0.3, -0.25) is 0 Å². The SMILES string of the molecule is C.CCCCN(C)C.CCCCN(CC)CC.CCCN(C)CCN(C)C.CN(C)CCCO.CN(C)CCN(C)C.CN(C)CCO. The Kier molecular flexibility index (Phi) is 69.8. The smallest absolute Gasteiger partial charge is 0.0558 e. The minimum atomic E-state index is 0. The van der Waals surface area contributed by atoms with Gasteiger partial charge in [0.25, 0.3) is 0 Å². The van der Waals surface area contributed by atoms with Crippen molar-refractivity contribution in [3.63, 3.8) is 0 Å². The second-order valence-corrected chi connectivity index (χ2v) is 13.7. The zero-order chi connectivity index (χ0) is 38.1. The first-order valence-corrected chi connectivity index (χ1v) is 18.5. The zero-order valence-corrected chi connectivity index (χ0v) is 35.9. The molecule has 10 nitrogen and oxygen atoms in total. The van der Waals surface area contributed by atoms with Gasteiger partial charge in [-0.15, -0.1) is 0 Å². The molecule has 0 heterocycles. The van der Waals surface area contributed by atoms with Crippen LogP contribution in [0.4, 0.5) is 0 Å². The fourth-order valence-electron chi connectivity index (χ4n) is 3.25. The van der Waals surface area contributed by atoms with Gasteiger partial charge >= 0.3 is 0 Å². The molecule has 0 atom stereocenters. The van der Waals surface area contributed by atoms with Gasteiger partial charge in [0.05, 0.1) is 6.61 Å². The lowest BCUT2D eigenvalue weighted by atomic mass is 10.3. The third-order valence-electron chi connectivity index (χ3n) is 6.52. The van der Waals surface area contributed by atoms with E-state index in [2.05, 4.69) is 132 Å². The standard InChI is InChI=1S/C8H20N2.C8H19N.C6H16N2.C6H15N.C5H13NO.C4H11NO.CH4/c1-5-6-10(4)8-7-9(2)3;1-4-7-8-9(5-2)6-3;1-7(2)5-6-8(3)4;1-4-5-6-7(2)3;1-6(2)4-3-5-7;1-5(2)3-4-6;/h5-8H2,1-4H3;4-8H2,1-3H3;5-6H2,1-4H3;4-6H2,1-3H3;7H,3-5H2,1-2H3;6H,3-4H2,1-2H3;1H4. The first kappa shape index (κ1) is 62.7. The van der Waals surface area contributed by atoms with Gasteiger partial charge in [-0.25, -0.2) is 0 Å². The van der Waals surface area contributed by atoms with Crippen LogP contribution in [0.15, 0.2) is 0 Å². The second kappa shape index (κ2) is 53.4. The summed E-state index contributed by atoms with van der Waals surface area (Å²) in [5, 5.41) is 16.5. The number of aliphatic hydroxyl groups excluding tert-OH is 2. The van der Waals surface area contributed by atoms with E-state index in [1.165, 1.54) is 71.4 Å². The molecule has 48 heavy (non-hydrogen) atoms. The average molecular weight is 699 g/mol. The third-order valence-corrected chi connectivity index (χ3v) is 6.52. The molecule has 0 bridgehead atoms. The molecule has 2 N–H and O–H groups in total. The molecule has 302 valence electrons. The Labute approximate surface area is 306 Å². The molecule has 0 aliphatic carbocycles. The number of unbranched alkanes of at least 4 members (excludes halogenated alkanes) is 2. The highest BCUT2D eigenvalue weighted by molar-refractivity contribution is 4.52. The van der Waals surface area contributed by atoms with E-state index in [0.717, 1.165) is 39.1 Å². The van der Waals surface area contributed by atoms with Crippen LogP contribution in [0.5, 0.6) is 0 Å². The first-order valence-electron chi connectivity index (χ1n) is 18.5. The fraction of sp³-hybridized carbons (Fsp3) is 1.00. The highest BCUT2D eigenvalue weighted by Crippen LogP contribution is 1.92. The zero-order valence-electron chi connectivity index (χ0n) is 35.9. The summed E-state index contributed by atoms with van der Waals surface area (Å²) < 4.78 is 0. The molecule has 0 aliphatic rings. The van der Waals surface area contributed by atoms with Crippen LogP contribution < -0.4 is 0 Å². The van der Waals surface area contributed by atoms with Crippen LogP contribution in [-0.2, 0) is 0 Å². The van der Waals surface area contributed by atoms with Gasteiger partial charge in [0.1, 0.15) is 0 Å². The fourth-order valence-corrected chi connectivity index (χ4v) is 3.25. The van der Waals surface area contributed by atoms with Crippen molar-refractivity contribution in [2.75, 3.05) is 177 Å². The molecule has 0 radical (unpaired) electrons. The first-order chi connectivity index (χ1) is 21.9. The molecule has 0 aromatic carbocycles. The number of rotatable bonds is 21. The van der Waals surface area contributed by atoms with Crippen molar-refractivity contribution in [1.82, 2.24) is 39.2 Å². The van der Waals surface area contributed by atoms with E-state index in [1.807, 2.05) is 33.1 Å². The molecule has 0 amide bonds. The van der Waals surface area contributed by atoms with Gasteiger partial charge in [-0.1, -0.05) is 54.9 Å². The van der Waals surface area contributed by atoms with E-state index in [-0.39, 0.29) is 14.0 Å². The number of hydrogen-bond acceptors (Lipinski definition) is 10. The molecule has 0 fully saturated rings. The number of likely N-dealkylation sites (N-methyl/N-ethyl adjacent to an activating group) is 5. The maximum atomic E-state index is 8.29. The van der Waals surface area contributed by atoms with E-state index in [0.29, 0.717) is 6.61 Å². The monoisotopic (exact) mass is 699 g/mol. The summed E-state index contributed by atoms with van der Waals surface area (Å²) in [5.41, 5.74) is 0. The Bertz CT molecular complexity index is 473. The van der Waals surface area contributed by atoms with Crippen LogP contribution in [0, 0.1) is 0 Å². The predicted molar refractivity (Wildman–Crippen MR) is 222 cm³/mol. The molecular formula is C38H98N8O2. The number of aliphatic hydroxyl groups is 2. The van der Waals surface area contributed by atoms with Gasteiger partial charge < -0.3 is 49.4 Å². The number of nitrogens with zero attached hydrogens (tertiary/aromatic N) is 8. The molecule has 0 spiro atoms. The minimum Gasteiger partial charge on any atom is -0.396 e. The predicted octanol–water partition coefficient (Wildman–Crippen LogP) is 4.58. The van der Waals surface area contributed by atoms with Crippen molar-refractivity contribution in [2.24, 2.45) is 0 Å². The maximum Gasteiger partial charge on any atom is 0.0558 e. The lowest BCUT2D eigenvalue weighted by Crippen LogP contribution is -2.29. The summed E-state index contributed by atoms with van der Waals surface area (Å²) in [6.45, 7) is 24.2. The average Bonchev–Trinajstić information content (AvgIpc) is 2.99. The summed E-state index contributed by atoms with van der Waals surface area (Å²) in [7, 11) is 26.8. The van der Waals surface area contributed by atoms with E-state index >= 15 is 0 Å². The lowest BCUT2D eigenvalue weighted by Gasteiger charge is -2.17. The minimum absolute atomic E-state index is 0. The summed E-state index contributed by atoms with van der Waals surface area (Å²) in [5.74, 6) is 0. The van der Waals surface area contributed by atoms with E-state index in [4.69, 9.17) is 10.2 Å².